The highest BCUT2D eigenvalue weighted by Gasteiger charge is 2.04. The summed E-state index contributed by atoms with van der Waals surface area (Å²) in [7, 11) is 0. The van der Waals surface area contributed by atoms with Crippen molar-refractivity contribution in [2.45, 2.75) is 201 Å². The third kappa shape index (κ3) is 33.1. The van der Waals surface area contributed by atoms with Crippen molar-refractivity contribution >= 4 is 11.9 Å². The van der Waals surface area contributed by atoms with E-state index in [0.29, 0.717) is 26.1 Å². The SMILES string of the molecule is CCCCCCCCCCCCOC(=O)CCCCCCCCCCC(=O)OCCCCCCCCCC(C)C. The number of rotatable bonds is 32. The third-order valence-corrected chi connectivity index (χ3v) is 7.96. The lowest BCUT2D eigenvalue weighted by Crippen LogP contribution is -2.05. The van der Waals surface area contributed by atoms with Gasteiger partial charge in [0.25, 0.3) is 0 Å². The Hall–Kier alpha value is -1.06. The molecular weight excluding hydrogens is 496 g/mol. The molecule has 0 aliphatic carbocycles. The fourth-order valence-corrected chi connectivity index (χ4v) is 5.24. The Morgan fingerprint density at radius 2 is 0.725 bits per heavy atom. The number of carbonyl (C=O) groups is 2. The first-order valence-corrected chi connectivity index (χ1v) is 17.9. The van der Waals surface area contributed by atoms with Gasteiger partial charge in [0.2, 0.25) is 0 Å². The molecule has 4 nitrogen and oxygen atoms in total. The molecule has 0 atom stereocenters. The smallest absolute Gasteiger partial charge is 0.305 e. The average molecular weight is 567 g/mol. The van der Waals surface area contributed by atoms with Crippen LogP contribution in [0.25, 0.3) is 0 Å². The Kier molecular flexibility index (Phi) is 31.6. The number of hydrogen-bond acceptors (Lipinski definition) is 4. The van der Waals surface area contributed by atoms with Crippen LogP contribution in [0.4, 0.5) is 0 Å². The van der Waals surface area contributed by atoms with Crippen LogP contribution in [0.5, 0.6) is 0 Å². The van der Waals surface area contributed by atoms with Crippen LogP contribution < -0.4 is 0 Å². The zero-order valence-electron chi connectivity index (χ0n) is 27.4. The molecular formula is C36H70O4. The predicted octanol–water partition coefficient (Wildman–Crippen LogP) is 11.7. The first-order valence-electron chi connectivity index (χ1n) is 17.9. The van der Waals surface area contributed by atoms with E-state index in [0.717, 1.165) is 44.4 Å². The van der Waals surface area contributed by atoms with Crippen molar-refractivity contribution in [1.82, 2.24) is 0 Å². The van der Waals surface area contributed by atoms with E-state index in [9.17, 15) is 9.59 Å². The van der Waals surface area contributed by atoms with Gasteiger partial charge in [0, 0.05) is 12.8 Å². The van der Waals surface area contributed by atoms with Crippen molar-refractivity contribution in [3.63, 3.8) is 0 Å². The summed E-state index contributed by atoms with van der Waals surface area (Å²) in [4.78, 5) is 23.8. The molecule has 0 spiro atoms. The van der Waals surface area contributed by atoms with Gasteiger partial charge in [0.05, 0.1) is 13.2 Å². The van der Waals surface area contributed by atoms with Crippen LogP contribution in [-0.4, -0.2) is 25.2 Å². The van der Waals surface area contributed by atoms with Gasteiger partial charge in [0.1, 0.15) is 0 Å². The van der Waals surface area contributed by atoms with E-state index in [-0.39, 0.29) is 11.9 Å². The van der Waals surface area contributed by atoms with E-state index < -0.39 is 0 Å². The Bertz CT molecular complexity index is 531. The normalized spacial score (nSPS) is 11.3. The minimum atomic E-state index is -0.0197. The Balaban J connectivity index is 3.24. The second-order valence-corrected chi connectivity index (χ2v) is 12.6. The maximum Gasteiger partial charge on any atom is 0.305 e. The van der Waals surface area contributed by atoms with E-state index in [2.05, 4.69) is 20.8 Å². The van der Waals surface area contributed by atoms with Gasteiger partial charge < -0.3 is 9.47 Å². The summed E-state index contributed by atoms with van der Waals surface area (Å²) >= 11 is 0. The van der Waals surface area contributed by atoms with Crippen molar-refractivity contribution in [2.75, 3.05) is 13.2 Å². The lowest BCUT2D eigenvalue weighted by molar-refractivity contribution is -0.144. The molecule has 0 aromatic rings. The van der Waals surface area contributed by atoms with Crippen molar-refractivity contribution in [3.8, 4) is 0 Å². The molecule has 0 saturated carbocycles. The minimum Gasteiger partial charge on any atom is -0.466 e. The minimum absolute atomic E-state index is 0.0182. The van der Waals surface area contributed by atoms with Crippen LogP contribution in [0.1, 0.15) is 201 Å². The van der Waals surface area contributed by atoms with Crippen LogP contribution in [-0.2, 0) is 19.1 Å². The van der Waals surface area contributed by atoms with Gasteiger partial charge in [-0.1, -0.05) is 162 Å². The molecule has 0 fully saturated rings. The summed E-state index contributed by atoms with van der Waals surface area (Å²) < 4.78 is 10.8. The maximum atomic E-state index is 11.9. The van der Waals surface area contributed by atoms with Crippen molar-refractivity contribution in [2.24, 2.45) is 5.92 Å². The summed E-state index contributed by atoms with van der Waals surface area (Å²) in [6.07, 6.45) is 33.3. The molecule has 238 valence electrons. The van der Waals surface area contributed by atoms with Crippen molar-refractivity contribution in [3.05, 3.63) is 0 Å². The molecule has 4 heteroatoms. The molecule has 0 bridgehead atoms. The molecule has 0 aromatic heterocycles. The van der Waals surface area contributed by atoms with Crippen molar-refractivity contribution in [1.29, 1.82) is 0 Å². The molecule has 0 radical (unpaired) electrons. The topological polar surface area (TPSA) is 52.6 Å². The summed E-state index contributed by atoms with van der Waals surface area (Å²) in [6.45, 7) is 8.06. The van der Waals surface area contributed by atoms with E-state index in [4.69, 9.17) is 9.47 Å². The van der Waals surface area contributed by atoms with Crippen LogP contribution in [0.2, 0.25) is 0 Å². The first kappa shape index (κ1) is 38.9. The quantitative estimate of drug-likeness (QED) is 0.0600. The summed E-state index contributed by atoms with van der Waals surface area (Å²) in [5.41, 5.74) is 0. The fourth-order valence-electron chi connectivity index (χ4n) is 5.24. The van der Waals surface area contributed by atoms with Gasteiger partial charge in [-0.3, -0.25) is 9.59 Å². The van der Waals surface area contributed by atoms with Gasteiger partial charge in [-0.15, -0.1) is 0 Å². The van der Waals surface area contributed by atoms with E-state index in [1.165, 1.54) is 128 Å². The largest absolute Gasteiger partial charge is 0.466 e. The number of esters is 2. The fraction of sp³-hybridized carbons (Fsp3) is 0.944. The number of hydrogen-bond donors (Lipinski definition) is 0. The second-order valence-electron chi connectivity index (χ2n) is 12.6. The zero-order valence-corrected chi connectivity index (χ0v) is 27.4. The predicted molar refractivity (Wildman–Crippen MR) is 172 cm³/mol. The lowest BCUT2D eigenvalue weighted by Gasteiger charge is -2.06. The molecule has 0 unspecified atom stereocenters. The Morgan fingerprint density at radius 1 is 0.425 bits per heavy atom. The number of ether oxygens (including phenoxy) is 2. The highest BCUT2D eigenvalue weighted by Crippen LogP contribution is 2.14. The van der Waals surface area contributed by atoms with E-state index in [1.54, 1.807) is 0 Å². The average Bonchev–Trinajstić information content (AvgIpc) is 2.93. The number of carbonyl (C=O) groups excluding carboxylic acids is 2. The maximum absolute atomic E-state index is 11.9. The first-order chi connectivity index (χ1) is 19.6. The molecule has 0 saturated heterocycles. The lowest BCUT2D eigenvalue weighted by atomic mass is 10.0. The highest BCUT2D eigenvalue weighted by atomic mass is 16.5. The van der Waals surface area contributed by atoms with Crippen LogP contribution >= 0.6 is 0 Å². The monoisotopic (exact) mass is 567 g/mol. The molecule has 0 aliphatic heterocycles. The molecule has 40 heavy (non-hydrogen) atoms. The molecule has 0 N–H and O–H groups in total. The second kappa shape index (κ2) is 32.5. The summed E-state index contributed by atoms with van der Waals surface area (Å²) in [6, 6.07) is 0. The van der Waals surface area contributed by atoms with Gasteiger partial charge in [0.15, 0.2) is 0 Å². The van der Waals surface area contributed by atoms with Crippen molar-refractivity contribution < 1.29 is 19.1 Å². The molecule has 0 rings (SSSR count). The molecule has 0 aromatic carbocycles. The van der Waals surface area contributed by atoms with Gasteiger partial charge >= 0.3 is 11.9 Å². The summed E-state index contributed by atoms with van der Waals surface area (Å²) in [5, 5.41) is 0. The molecule has 0 aliphatic rings. The molecule has 0 amide bonds. The standard InChI is InChI=1S/C36H70O4/c1-4-5-6-7-8-9-12-17-22-27-32-39-35(37)30-25-20-15-10-11-16-21-26-31-36(38)40-33-28-23-18-13-14-19-24-29-34(2)3/h34H,4-33H2,1-3H3. The third-order valence-electron chi connectivity index (χ3n) is 7.96. The van der Waals surface area contributed by atoms with E-state index >= 15 is 0 Å². The van der Waals surface area contributed by atoms with Gasteiger partial charge in [-0.25, -0.2) is 0 Å². The highest BCUT2D eigenvalue weighted by molar-refractivity contribution is 5.69. The zero-order chi connectivity index (χ0) is 29.4. The van der Waals surface area contributed by atoms with Crippen LogP contribution in [0, 0.1) is 5.92 Å². The molecule has 0 heterocycles. The summed E-state index contributed by atoms with van der Waals surface area (Å²) in [5.74, 6) is 0.794. The van der Waals surface area contributed by atoms with Crippen LogP contribution in [0.15, 0.2) is 0 Å². The van der Waals surface area contributed by atoms with Gasteiger partial charge in [-0.05, 0) is 31.6 Å². The van der Waals surface area contributed by atoms with E-state index in [1.807, 2.05) is 0 Å². The van der Waals surface area contributed by atoms with Gasteiger partial charge in [-0.2, -0.15) is 0 Å². The number of unbranched alkanes of at least 4 members (excludes halogenated alkanes) is 22. The Morgan fingerprint density at radius 3 is 1.07 bits per heavy atom. The Labute approximate surface area is 250 Å². The van der Waals surface area contributed by atoms with Crippen LogP contribution in [0.3, 0.4) is 0 Å².